The molecule has 1 atom stereocenters. The minimum absolute atomic E-state index is 0.243. The van der Waals surface area contributed by atoms with E-state index in [1.54, 1.807) is 6.92 Å². The third kappa shape index (κ3) is 2.31. The summed E-state index contributed by atoms with van der Waals surface area (Å²) >= 11 is 3.26. The van der Waals surface area contributed by atoms with Crippen molar-refractivity contribution in [2.24, 2.45) is 5.92 Å². The Kier molecular flexibility index (Phi) is 3.15. The van der Waals surface area contributed by atoms with Crippen LogP contribution in [0.1, 0.15) is 6.92 Å². The monoisotopic (exact) mass is 300 g/mol. The second kappa shape index (κ2) is 4.44. The van der Waals surface area contributed by atoms with Crippen molar-refractivity contribution in [3.05, 3.63) is 28.5 Å². The van der Waals surface area contributed by atoms with E-state index in [0.717, 1.165) is 0 Å². The lowest BCUT2D eigenvalue weighted by atomic mass is 10.1. The van der Waals surface area contributed by atoms with Crippen molar-refractivity contribution in [1.82, 2.24) is 5.32 Å². The second-order valence-electron chi connectivity index (χ2n) is 3.90. The first-order valence-electron chi connectivity index (χ1n) is 5.06. The molecule has 0 aromatic heterocycles. The molecule has 2 rings (SSSR count). The molecule has 1 heterocycles. The number of hydrogen-bond acceptors (Lipinski definition) is 2. The maximum absolute atomic E-state index is 13.2. The van der Waals surface area contributed by atoms with Gasteiger partial charge in [-0.05, 0) is 34.1 Å². The molecule has 1 saturated heterocycles. The van der Waals surface area contributed by atoms with Crippen molar-refractivity contribution in [1.29, 1.82) is 0 Å². The smallest absolute Gasteiger partial charge is 0.292 e. The Hall–Kier alpha value is -1.43. The number of hydrogen-bond donors (Lipinski definition) is 1. The van der Waals surface area contributed by atoms with E-state index < -0.39 is 11.8 Å². The van der Waals surface area contributed by atoms with Gasteiger partial charge in [0.2, 0.25) is 5.91 Å². The summed E-state index contributed by atoms with van der Waals surface area (Å²) in [4.78, 5) is 24.3. The molecule has 3 amide bonds. The van der Waals surface area contributed by atoms with E-state index in [2.05, 4.69) is 21.2 Å². The van der Waals surface area contributed by atoms with E-state index in [-0.39, 0.29) is 18.4 Å². The molecule has 4 nitrogen and oxygen atoms in total. The molecular weight excluding hydrogens is 291 g/mol. The third-order valence-corrected chi connectivity index (χ3v) is 3.25. The molecule has 1 aliphatic heterocycles. The summed E-state index contributed by atoms with van der Waals surface area (Å²) < 4.78 is 13.8. The van der Waals surface area contributed by atoms with Crippen LogP contribution in [0.25, 0.3) is 0 Å². The number of urea groups is 1. The predicted octanol–water partition coefficient (Wildman–Crippen LogP) is 2.28. The maximum atomic E-state index is 13.2. The van der Waals surface area contributed by atoms with Crippen LogP contribution in [0.15, 0.2) is 22.7 Å². The third-order valence-electron chi connectivity index (χ3n) is 2.58. The van der Waals surface area contributed by atoms with Crippen molar-refractivity contribution in [3.8, 4) is 0 Å². The molecule has 0 saturated carbocycles. The normalized spacial score (nSPS) is 20.4. The Labute approximate surface area is 106 Å². The van der Waals surface area contributed by atoms with Crippen LogP contribution in [0.2, 0.25) is 0 Å². The highest BCUT2D eigenvalue weighted by atomic mass is 79.9. The number of carbonyl (C=O) groups excluding carboxylic acids is 2. The molecular formula is C11H10BrFN2O2. The van der Waals surface area contributed by atoms with Gasteiger partial charge < -0.3 is 0 Å². The van der Waals surface area contributed by atoms with E-state index in [4.69, 9.17) is 0 Å². The van der Waals surface area contributed by atoms with Gasteiger partial charge in [0, 0.05) is 11.0 Å². The zero-order valence-electron chi connectivity index (χ0n) is 9.04. The molecule has 90 valence electrons. The van der Waals surface area contributed by atoms with Crippen molar-refractivity contribution in [3.63, 3.8) is 0 Å². The van der Waals surface area contributed by atoms with E-state index in [1.165, 1.54) is 23.1 Å². The predicted molar refractivity (Wildman–Crippen MR) is 64.1 cm³/mol. The number of nitrogens with one attached hydrogen (secondary N) is 1. The van der Waals surface area contributed by atoms with Crippen LogP contribution in [0.5, 0.6) is 0 Å². The zero-order chi connectivity index (χ0) is 12.6. The number of anilines is 1. The Balaban J connectivity index is 2.36. The summed E-state index contributed by atoms with van der Waals surface area (Å²) in [5.41, 5.74) is 0.418. The fourth-order valence-corrected chi connectivity index (χ4v) is 2.10. The summed E-state index contributed by atoms with van der Waals surface area (Å²) in [7, 11) is 0. The minimum Gasteiger partial charge on any atom is -0.292 e. The highest BCUT2D eigenvalue weighted by Gasteiger charge is 2.31. The van der Waals surface area contributed by atoms with Gasteiger partial charge in [-0.3, -0.25) is 15.0 Å². The van der Waals surface area contributed by atoms with Crippen molar-refractivity contribution in [2.75, 3.05) is 11.4 Å². The number of amides is 3. The Morgan fingerprint density at radius 2 is 2.18 bits per heavy atom. The fraction of sp³-hybridized carbons (Fsp3) is 0.273. The van der Waals surface area contributed by atoms with Crippen LogP contribution in [-0.4, -0.2) is 18.5 Å². The van der Waals surface area contributed by atoms with Gasteiger partial charge in [0.1, 0.15) is 5.82 Å². The molecule has 0 spiro atoms. The standard InChI is InChI=1S/C11H10BrFN2O2/c1-6-5-15(11(17)14-10(6)16)9-4-7(13)2-3-8(9)12/h2-4,6H,5H2,1H3,(H,14,16,17). The number of halogens is 2. The number of rotatable bonds is 1. The average Bonchev–Trinajstić information content (AvgIpc) is 2.27. The first-order valence-corrected chi connectivity index (χ1v) is 5.85. The molecule has 1 fully saturated rings. The SMILES string of the molecule is CC1CN(c2cc(F)ccc2Br)C(=O)NC1=O. The Bertz CT molecular complexity index is 492. The minimum atomic E-state index is -0.528. The van der Waals surface area contributed by atoms with E-state index >= 15 is 0 Å². The Morgan fingerprint density at radius 1 is 1.47 bits per heavy atom. The summed E-state index contributed by atoms with van der Waals surface area (Å²) in [6.45, 7) is 1.95. The highest BCUT2D eigenvalue weighted by Crippen LogP contribution is 2.29. The number of imide groups is 1. The maximum Gasteiger partial charge on any atom is 0.328 e. The molecule has 1 aromatic rings. The topological polar surface area (TPSA) is 49.4 Å². The van der Waals surface area contributed by atoms with Gasteiger partial charge in [-0.25, -0.2) is 9.18 Å². The van der Waals surface area contributed by atoms with Crippen LogP contribution in [0, 0.1) is 11.7 Å². The van der Waals surface area contributed by atoms with Gasteiger partial charge in [0.05, 0.1) is 11.6 Å². The lowest BCUT2D eigenvalue weighted by molar-refractivity contribution is -0.123. The van der Waals surface area contributed by atoms with E-state index in [1.807, 2.05) is 0 Å². The molecule has 1 aliphatic rings. The zero-order valence-corrected chi connectivity index (χ0v) is 10.6. The molecule has 1 unspecified atom stereocenters. The fourth-order valence-electron chi connectivity index (χ4n) is 1.64. The van der Waals surface area contributed by atoms with Gasteiger partial charge >= 0.3 is 6.03 Å². The van der Waals surface area contributed by atoms with Crippen LogP contribution >= 0.6 is 15.9 Å². The van der Waals surface area contributed by atoms with Gasteiger partial charge in [0.15, 0.2) is 0 Å². The van der Waals surface area contributed by atoms with Gasteiger partial charge in [-0.1, -0.05) is 6.92 Å². The molecule has 1 N–H and O–H groups in total. The molecule has 0 aliphatic carbocycles. The summed E-state index contributed by atoms with van der Waals surface area (Å²) in [6.07, 6.45) is 0. The molecule has 0 radical (unpaired) electrons. The molecule has 0 bridgehead atoms. The van der Waals surface area contributed by atoms with Crippen molar-refractivity contribution < 1.29 is 14.0 Å². The van der Waals surface area contributed by atoms with Gasteiger partial charge in [-0.2, -0.15) is 0 Å². The number of benzene rings is 1. The lowest BCUT2D eigenvalue weighted by Gasteiger charge is -2.30. The summed E-state index contributed by atoms with van der Waals surface area (Å²) in [6, 6.07) is 3.55. The average molecular weight is 301 g/mol. The first-order chi connectivity index (χ1) is 7.99. The van der Waals surface area contributed by atoms with Crippen LogP contribution < -0.4 is 10.2 Å². The van der Waals surface area contributed by atoms with Crippen molar-refractivity contribution >= 4 is 33.6 Å². The van der Waals surface area contributed by atoms with E-state index in [0.29, 0.717) is 10.2 Å². The lowest BCUT2D eigenvalue weighted by Crippen LogP contribution is -2.54. The number of carbonyl (C=O) groups is 2. The Morgan fingerprint density at radius 3 is 2.88 bits per heavy atom. The van der Waals surface area contributed by atoms with Gasteiger partial charge in [-0.15, -0.1) is 0 Å². The largest absolute Gasteiger partial charge is 0.328 e. The number of nitrogens with zero attached hydrogens (tertiary/aromatic N) is 1. The van der Waals surface area contributed by atoms with Gasteiger partial charge in [0.25, 0.3) is 0 Å². The molecule has 17 heavy (non-hydrogen) atoms. The van der Waals surface area contributed by atoms with E-state index in [9.17, 15) is 14.0 Å². The summed E-state index contributed by atoms with van der Waals surface area (Å²) in [5, 5.41) is 2.23. The first kappa shape index (κ1) is 12.0. The van der Waals surface area contributed by atoms with Crippen LogP contribution in [0.4, 0.5) is 14.9 Å². The van der Waals surface area contributed by atoms with Crippen LogP contribution in [-0.2, 0) is 4.79 Å². The summed E-state index contributed by atoms with van der Waals surface area (Å²) in [5.74, 6) is -1.05. The van der Waals surface area contributed by atoms with Crippen molar-refractivity contribution in [2.45, 2.75) is 6.92 Å². The quantitative estimate of drug-likeness (QED) is 0.865. The second-order valence-corrected chi connectivity index (χ2v) is 4.76. The molecule has 1 aromatic carbocycles. The highest BCUT2D eigenvalue weighted by molar-refractivity contribution is 9.10. The molecule has 6 heteroatoms. The van der Waals surface area contributed by atoms with Crippen LogP contribution in [0.3, 0.4) is 0 Å².